The molecule has 0 bridgehead atoms. The van der Waals surface area contributed by atoms with Crippen LogP contribution in [0.3, 0.4) is 0 Å². The first-order chi connectivity index (χ1) is 9.52. The van der Waals surface area contributed by atoms with Crippen molar-refractivity contribution in [1.29, 1.82) is 0 Å². The second-order valence-corrected chi connectivity index (χ2v) is 3.88. The molecule has 0 aromatic heterocycles. The molecule has 0 aliphatic rings. The van der Waals surface area contributed by atoms with Crippen molar-refractivity contribution in [3.8, 4) is 5.75 Å². The zero-order valence-corrected chi connectivity index (χ0v) is 11.0. The van der Waals surface area contributed by atoms with Gasteiger partial charge in [0.25, 0.3) is 5.91 Å². The van der Waals surface area contributed by atoms with Gasteiger partial charge in [0.2, 0.25) is 0 Å². The summed E-state index contributed by atoms with van der Waals surface area (Å²) in [4.78, 5) is 32.8. The minimum Gasteiger partial charge on any atom is -0.496 e. The van der Waals surface area contributed by atoms with E-state index in [-0.39, 0.29) is 6.42 Å². The molecule has 0 saturated heterocycles. The summed E-state index contributed by atoms with van der Waals surface area (Å²) >= 11 is 0. The summed E-state index contributed by atoms with van der Waals surface area (Å²) in [6, 6.07) is 6.31. The zero-order valence-electron chi connectivity index (χ0n) is 11.0. The standard InChI is InChI=1S/C13H16N2O5/c1-19-10-5-3-2-4-9(10)6-7-12(17)20-8-11(16)15-13(14)18/h2-5H,6-8H2,1H3,(H3,14,15,16,18). The van der Waals surface area contributed by atoms with Crippen LogP contribution in [-0.4, -0.2) is 31.6 Å². The van der Waals surface area contributed by atoms with E-state index >= 15 is 0 Å². The number of amides is 3. The van der Waals surface area contributed by atoms with Crippen LogP contribution < -0.4 is 15.8 Å². The summed E-state index contributed by atoms with van der Waals surface area (Å²) in [5, 5.41) is 1.79. The van der Waals surface area contributed by atoms with Crippen LogP contribution in [0.5, 0.6) is 5.75 Å². The van der Waals surface area contributed by atoms with E-state index in [2.05, 4.69) is 0 Å². The minimum absolute atomic E-state index is 0.101. The van der Waals surface area contributed by atoms with Crippen molar-refractivity contribution in [3.63, 3.8) is 0 Å². The number of primary amides is 1. The first kappa shape index (κ1) is 15.5. The lowest BCUT2D eigenvalue weighted by molar-refractivity contribution is -0.148. The summed E-state index contributed by atoms with van der Waals surface area (Å²) in [7, 11) is 1.55. The third kappa shape index (κ3) is 5.38. The number of esters is 1. The number of benzene rings is 1. The van der Waals surface area contributed by atoms with Crippen LogP contribution in [0, 0.1) is 0 Å². The quantitative estimate of drug-likeness (QED) is 0.732. The Morgan fingerprint density at radius 2 is 1.95 bits per heavy atom. The first-order valence-electron chi connectivity index (χ1n) is 5.89. The van der Waals surface area contributed by atoms with Gasteiger partial charge >= 0.3 is 12.0 Å². The Morgan fingerprint density at radius 3 is 2.60 bits per heavy atom. The van der Waals surface area contributed by atoms with E-state index in [1.165, 1.54) is 0 Å². The number of hydrogen-bond donors (Lipinski definition) is 2. The van der Waals surface area contributed by atoms with Gasteiger partial charge in [0.15, 0.2) is 6.61 Å². The number of nitrogens with two attached hydrogens (primary N) is 1. The van der Waals surface area contributed by atoms with E-state index in [9.17, 15) is 14.4 Å². The second-order valence-electron chi connectivity index (χ2n) is 3.88. The first-order valence-corrected chi connectivity index (χ1v) is 5.89. The fraction of sp³-hybridized carbons (Fsp3) is 0.308. The number of methoxy groups -OCH3 is 1. The maximum Gasteiger partial charge on any atom is 0.318 e. The molecule has 0 fully saturated rings. The van der Waals surface area contributed by atoms with E-state index in [1.54, 1.807) is 18.5 Å². The van der Waals surface area contributed by atoms with Crippen molar-refractivity contribution in [3.05, 3.63) is 29.8 Å². The Balaban J connectivity index is 2.36. The molecule has 0 heterocycles. The number of aryl methyl sites for hydroxylation is 1. The molecular formula is C13H16N2O5. The highest BCUT2D eigenvalue weighted by Crippen LogP contribution is 2.18. The summed E-state index contributed by atoms with van der Waals surface area (Å²) in [5.74, 6) is -0.620. The molecule has 0 aliphatic heterocycles. The SMILES string of the molecule is COc1ccccc1CCC(=O)OCC(=O)NC(N)=O. The molecule has 1 aromatic carbocycles. The van der Waals surface area contributed by atoms with Gasteiger partial charge in [-0.05, 0) is 18.1 Å². The molecule has 108 valence electrons. The molecule has 0 atom stereocenters. The molecule has 1 aromatic rings. The molecule has 0 aliphatic carbocycles. The molecule has 0 unspecified atom stereocenters. The van der Waals surface area contributed by atoms with Gasteiger partial charge in [0, 0.05) is 6.42 Å². The zero-order chi connectivity index (χ0) is 15.0. The molecular weight excluding hydrogens is 264 g/mol. The van der Waals surface area contributed by atoms with Crippen molar-refractivity contribution in [2.45, 2.75) is 12.8 Å². The van der Waals surface area contributed by atoms with Gasteiger partial charge in [0.05, 0.1) is 7.11 Å². The molecule has 0 spiro atoms. The Hall–Kier alpha value is -2.57. The van der Waals surface area contributed by atoms with Gasteiger partial charge in [-0.25, -0.2) is 4.79 Å². The van der Waals surface area contributed by atoms with E-state index < -0.39 is 24.5 Å². The summed E-state index contributed by atoms with van der Waals surface area (Å²) < 4.78 is 9.85. The van der Waals surface area contributed by atoms with Gasteiger partial charge in [-0.15, -0.1) is 0 Å². The highest BCUT2D eigenvalue weighted by molar-refractivity contribution is 5.94. The number of imide groups is 1. The average Bonchev–Trinajstić information content (AvgIpc) is 2.42. The molecule has 7 nitrogen and oxygen atoms in total. The topological polar surface area (TPSA) is 108 Å². The number of carbonyl (C=O) groups excluding carboxylic acids is 3. The van der Waals surface area contributed by atoms with Crippen molar-refractivity contribution < 1.29 is 23.9 Å². The van der Waals surface area contributed by atoms with Crippen LogP contribution in [0.4, 0.5) is 4.79 Å². The lowest BCUT2D eigenvalue weighted by Gasteiger charge is -2.08. The van der Waals surface area contributed by atoms with Crippen molar-refractivity contribution in [1.82, 2.24) is 5.32 Å². The largest absolute Gasteiger partial charge is 0.496 e. The number of urea groups is 1. The molecule has 0 saturated carbocycles. The fourth-order valence-electron chi connectivity index (χ4n) is 1.54. The predicted molar refractivity (Wildman–Crippen MR) is 70.0 cm³/mol. The predicted octanol–water partition coefficient (Wildman–Crippen LogP) is 0.366. The second kappa shape index (κ2) is 7.78. The Kier molecular flexibility index (Phi) is 6.02. The van der Waals surface area contributed by atoms with Crippen molar-refractivity contribution >= 4 is 17.9 Å². The van der Waals surface area contributed by atoms with E-state index in [1.807, 2.05) is 18.2 Å². The normalized spacial score (nSPS) is 9.65. The Bertz CT molecular complexity index is 501. The fourth-order valence-corrected chi connectivity index (χ4v) is 1.54. The van der Waals surface area contributed by atoms with Crippen molar-refractivity contribution in [2.75, 3.05) is 13.7 Å². The molecule has 0 radical (unpaired) electrons. The summed E-state index contributed by atoms with van der Waals surface area (Å²) in [5.41, 5.74) is 5.61. The average molecular weight is 280 g/mol. The van der Waals surface area contributed by atoms with E-state index in [4.69, 9.17) is 15.2 Å². The number of hydrogen-bond acceptors (Lipinski definition) is 5. The third-order valence-electron chi connectivity index (χ3n) is 2.42. The number of ether oxygens (including phenoxy) is 2. The molecule has 1 rings (SSSR count). The van der Waals surface area contributed by atoms with Gasteiger partial charge in [-0.2, -0.15) is 0 Å². The molecule has 3 N–H and O–H groups in total. The Morgan fingerprint density at radius 1 is 1.25 bits per heavy atom. The van der Waals surface area contributed by atoms with Crippen LogP contribution in [-0.2, 0) is 20.7 Å². The highest BCUT2D eigenvalue weighted by atomic mass is 16.5. The van der Waals surface area contributed by atoms with Crippen LogP contribution >= 0.6 is 0 Å². The smallest absolute Gasteiger partial charge is 0.318 e. The number of nitrogens with one attached hydrogen (secondary N) is 1. The lowest BCUT2D eigenvalue weighted by Crippen LogP contribution is -2.37. The monoisotopic (exact) mass is 280 g/mol. The van der Waals surface area contributed by atoms with Crippen LogP contribution in [0.1, 0.15) is 12.0 Å². The van der Waals surface area contributed by atoms with Crippen LogP contribution in [0.2, 0.25) is 0 Å². The minimum atomic E-state index is -0.986. The summed E-state index contributed by atoms with van der Waals surface area (Å²) in [6.07, 6.45) is 0.532. The molecule has 7 heteroatoms. The highest BCUT2D eigenvalue weighted by Gasteiger charge is 2.10. The third-order valence-corrected chi connectivity index (χ3v) is 2.42. The molecule has 20 heavy (non-hydrogen) atoms. The van der Waals surface area contributed by atoms with Gasteiger partial charge in [-0.1, -0.05) is 18.2 Å². The Labute approximate surface area is 116 Å². The van der Waals surface area contributed by atoms with Crippen LogP contribution in [0.25, 0.3) is 0 Å². The maximum atomic E-state index is 11.4. The number of para-hydroxylation sites is 1. The maximum absolute atomic E-state index is 11.4. The van der Waals surface area contributed by atoms with Gasteiger partial charge in [-0.3, -0.25) is 14.9 Å². The van der Waals surface area contributed by atoms with Gasteiger partial charge in [0.1, 0.15) is 5.75 Å². The van der Waals surface area contributed by atoms with E-state index in [0.29, 0.717) is 12.2 Å². The number of rotatable bonds is 6. The van der Waals surface area contributed by atoms with Crippen molar-refractivity contribution in [2.24, 2.45) is 5.73 Å². The van der Waals surface area contributed by atoms with E-state index in [0.717, 1.165) is 5.56 Å². The van der Waals surface area contributed by atoms with Crippen LogP contribution in [0.15, 0.2) is 24.3 Å². The lowest BCUT2D eigenvalue weighted by atomic mass is 10.1. The number of carbonyl (C=O) groups is 3. The van der Waals surface area contributed by atoms with Gasteiger partial charge < -0.3 is 15.2 Å². The molecule has 3 amide bonds. The summed E-state index contributed by atoms with van der Waals surface area (Å²) in [6.45, 7) is -0.534.